The number of nitrogens with one attached hydrogen (secondary N) is 1. The molecule has 2 heterocycles. The second-order valence-corrected chi connectivity index (χ2v) is 6.91. The van der Waals surface area contributed by atoms with Gasteiger partial charge >= 0.3 is 0 Å². The summed E-state index contributed by atoms with van der Waals surface area (Å²) in [5.41, 5.74) is 1.08. The van der Waals surface area contributed by atoms with Gasteiger partial charge in [-0.05, 0) is 24.3 Å². The molecule has 1 aliphatic rings. The van der Waals surface area contributed by atoms with Crippen LogP contribution >= 0.6 is 0 Å². The van der Waals surface area contributed by atoms with Crippen LogP contribution in [0.1, 0.15) is 18.4 Å². The normalized spacial score (nSPS) is 21.9. The van der Waals surface area contributed by atoms with Gasteiger partial charge in [-0.3, -0.25) is 0 Å². The number of benzene rings is 1. The maximum Gasteiger partial charge on any atom is 0.226 e. The van der Waals surface area contributed by atoms with Crippen molar-refractivity contribution in [1.82, 2.24) is 19.5 Å². The number of nitrogens with zero attached hydrogens (tertiary/aromatic N) is 4. The maximum atomic E-state index is 10.4. The van der Waals surface area contributed by atoms with E-state index in [9.17, 15) is 5.11 Å². The molecule has 0 radical (unpaired) electrons. The second-order valence-electron chi connectivity index (χ2n) is 6.91. The Kier molecular flexibility index (Phi) is 5.29. The summed E-state index contributed by atoms with van der Waals surface area (Å²) in [5.74, 6) is 1.39. The van der Waals surface area contributed by atoms with Crippen LogP contribution in [0, 0.1) is 5.92 Å². The molecule has 0 saturated heterocycles. The van der Waals surface area contributed by atoms with Crippen LogP contribution in [0.2, 0.25) is 0 Å². The molecule has 140 valence electrons. The minimum absolute atomic E-state index is 0.0668. The summed E-state index contributed by atoms with van der Waals surface area (Å²) in [7, 11) is 0. The lowest BCUT2D eigenvalue weighted by Crippen LogP contribution is -2.28. The Morgan fingerprint density at radius 2 is 2.04 bits per heavy atom. The van der Waals surface area contributed by atoms with Gasteiger partial charge in [0.05, 0.1) is 18.5 Å². The van der Waals surface area contributed by atoms with E-state index in [1.165, 1.54) is 0 Å². The summed E-state index contributed by atoms with van der Waals surface area (Å²) in [6.07, 6.45) is 8.39. The average molecular weight is 365 g/mol. The third-order valence-electron chi connectivity index (χ3n) is 4.83. The Morgan fingerprint density at radius 3 is 2.85 bits per heavy atom. The van der Waals surface area contributed by atoms with E-state index in [-0.39, 0.29) is 6.04 Å². The first kappa shape index (κ1) is 17.5. The summed E-state index contributed by atoms with van der Waals surface area (Å²) in [5, 5.41) is 13.7. The van der Waals surface area contributed by atoms with Crippen LogP contribution in [-0.4, -0.2) is 36.8 Å². The number of aliphatic hydroxyl groups is 1. The fourth-order valence-electron chi connectivity index (χ4n) is 3.50. The molecule has 7 nitrogen and oxygen atoms in total. The number of hydrogen-bond acceptors (Lipinski definition) is 6. The van der Waals surface area contributed by atoms with Crippen LogP contribution in [0.25, 0.3) is 0 Å². The predicted octanol–water partition coefficient (Wildman–Crippen LogP) is 2.50. The van der Waals surface area contributed by atoms with E-state index in [1.807, 2.05) is 47.4 Å². The molecular weight excluding hydrogens is 342 g/mol. The average Bonchev–Trinajstić information content (AvgIpc) is 3.31. The van der Waals surface area contributed by atoms with Crippen molar-refractivity contribution in [2.75, 3.05) is 5.32 Å². The SMILES string of the molecule is O[C@@H]1CC(Cn2ccnc2)C[C@H]1Nc1nccc(OCc2ccccc2)n1. The van der Waals surface area contributed by atoms with Crippen molar-refractivity contribution in [3.63, 3.8) is 0 Å². The van der Waals surface area contributed by atoms with E-state index in [0.29, 0.717) is 24.4 Å². The van der Waals surface area contributed by atoms with Crippen LogP contribution in [0.3, 0.4) is 0 Å². The number of aliphatic hydroxyl groups excluding tert-OH is 1. The van der Waals surface area contributed by atoms with Crippen molar-refractivity contribution in [1.29, 1.82) is 0 Å². The van der Waals surface area contributed by atoms with Gasteiger partial charge < -0.3 is 19.7 Å². The van der Waals surface area contributed by atoms with Crippen molar-refractivity contribution in [2.45, 2.75) is 38.1 Å². The zero-order valence-corrected chi connectivity index (χ0v) is 15.0. The summed E-state index contributed by atoms with van der Waals surface area (Å²) in [6.45, 7) is 1.31. The highest BCUT2D eigenvalue weighted by Crippen LogP contribution is 2.29. The quantitative estimate of drug-likeness (QED) is 0.669. The van der Waals surface area contributed by atoms with Crippen molar-refractivity contribution in [2.24, 2.45) is 5.92 Å². The van der Waals surface area contributed by atoms with Crippen LogP contribution in [-0.2, 0) is 13.2 Å². The smallest absolute Gasteiger partial charge is 0.226 e. The van der Waals surface area contributed by atoms with Gasteiger partial charge in [0.25, 0.3) is 0 Å². The molecule has 27 heavy (non-hydrogen) atoms. The zero-order chi connectivity index (χ0) is 18.5. The Balaban J connectivity index is 1.33. The first-order valence-corrected chi connectivity index (χ1v) is 9.16. The molecule has 1 fully saturated rings. The van der Waals surface area contributed by atoms with Gasteiger partial charge in [-0.1, -0.05) is 30.3 Å². The van der Waals surface area contributed by atoms with Crippen molar-refractivity contribution >= 4 is 5.95 Å². The topological polar surface area (TPSA) is 85.1 Å². The first-order valence-electron chi connectivity index (χ1n) is 9.16. The molecule has 3 atom stereocenters. The molecule has 2 aromatic heterocycles. The fourth-order valence-corrected chi connectivity index (χ4v) is 3.50. The zero-order valence-electron chi connectivity index (χ0n) is 15.0. The monoisotopic (exact) mass is 365 g/mol. The standard InChI is InChI=1S/C20H23N5O2/c26-18-11-16(12-25-9-8-21-14-25)10-17(18)23-20-22-7-6-19(24-20)27-13-15-4-2-1-3-5-15/h1-9,14,16-18,26H,10-13H2,(H,22,23,24)/t16?,17-,18-/m1/s1. The van der Waals surface area contributed by atoms with E-state index in [2.05, 4.69) is 20.3 Å². The Morgan fingerprint density at radius 1 is 1.15 bits per heavy atom. The van der Waals surface area contributed by atoms with E-state index in [4.69, 9.17) is 4.74 Å². The summed E-state index contributed by atoms with van der Waals surface area (Å²) in [4.78, 5) is 12.8. The molecule has 1 aromatic carbocycles. The number of ether oxygens (including phenoxy) is 1. The minimum atomic E-state index is -0.420. The number of imidazole rings is 1. The van der Waals surface area contributed by atoms with E-state index >= 15 is 0 Å². The molecule has 7 heteroatoms. The number of anilines is 1. The summed E-state index contributed by atoms with van der Waals surface area (Å²) >= 11 is 0. The van der Waals surface area contributed by atoms with E-state index in [1.54, 1.807) is 18.5 Å². The molecule has 0 bridgehead atoms. The van der Waals surface area contributed by atoms with Gasteiger partial charge in [-0.25, -0.2) is 9.97 Å². The summed E-state index contributed by atoms with van der Waals surface area (Å²) in [6, 6.07) is 11.6. The third-order valence-corrected chi connectivity index (χ3v) is 4.83. The summed E-state index contributed by atoms with van der Waals surface area (Å²) < 4.78 is 7.80. The van der Waals surface area contributed by atoms with E-state index < -0.39 is 6.10 Å². The second kappa shape index (κ2) is 8.18. The maximum absolute atomic E-state index is 10.4. The highest BCUT2D eigenvalue weighted by molar-refractivity contribution is 5.30. The lowest BCUT2D eigenvalue weighted by molar-refractivity contribution is 0.166. The highest BCUT2D eigenvalue weighted by atomic mass is 16.5. The minimum Gasteiger partial charge on any atom is -0.473 e. The first-order chi connectivity index (χ1) is 13.3. The van der Waals surface area contributed by atoms with Crippen LogP contribution in [0.5, 0.6) is 5.88 Å². The lowest BCUT2D eigenvalue weighted by atomic mass is 10.1. The largest absolute Gasteiger partial charge is 0.473 e. The van der Waals surface area contributed by atoms with Crippen molar-refractivity contribution in [3.05, 3.63) is 66.9 Å². The molecule has 0 amide bonds. The number of hydrogen-bond donors (Lipinski definition) is 2. The van der Waals surface area contributed by atoms with E-state index in [0.717, 1.165) is 24.9 Å². The van der Waals surface area contributed by atoms with Gasteiger partial charge in [-0.2, -0.15) is 4.98 Å². The van der Waals surface area contributed by atoms with Crippen LogP contribution < -0.4 is 10.1 Å². The fraction of sp³-hybridized carbons (Fsp3) is 0.350. The molecule has 0 aliphatic heterocycles. The molecule has 1 aliphatic carbocycles. The third kappa shape index (κ3) is 4.62. The number of aromatic nitrogens is 4. The highest BCUT2D eigenvalue weighted by Gasteiger charge is 2.33. The van der Waals surface area contributed by atoms with Crippen molar-refractivity contribution < 1.29 is 9.84 Å². The van der Waals surface area contributed by atoms with Crippen molar-refractivity contribution in [3.8, 4) is 5.88 Å². The molecule has 1 unspecified atom stereocenters. The Hall–Kier alpha value is -2.93. The Labute approximate surface area is 158 Å². The van der Waals surface area contributed by atoms with Gasteiger partial charge in [-0.15, -0.1) is 0 Å². The number of rotatable bonds is 7. The van der Waals surface area contributed by atoms with Crippen LogP contribution in [0.15, 0.2) is 61.3 Å². The molecular formula is C20H23N5O2. The van der Waals surface area contributed by atoms with Gasteiger partial charge in [0.15, 0.2) is 0 Å². The lowest BCUT2D eigenvalue weighted by Gasteiger charge is -2.16. The molecule has 3 aromatic rings. The molecule has 4 rings (SSSR count). The molecule has 2 N–H and O–H groups in total. The Bertz CT molecular complexity index is 841. The molecule has 0 spiro atoms. The predicted molar refractivity (Wildman–Crippen MR) is 101 cm³/mol. The van der Waals surface area contributed by atoms with Crippen LogP contribution in [0.4, 0.5) is 5.95 Å². The van der Waals surface area contributed by atoms with Gasteiger partial charge in [0.2, 0.25) is 11.8 Å². The molecule has 1 saturated carbocycles. The van der Waals surface area contributed by atoms with Gasteiger partial charge in [0, 0.05) is 31.2 Å². The van der Waals surface area contributed by atoms with Gasteiger partial charge in [0.1, 0.15) is 6.61 Å².